The molecule has 0 bridgehead atoms. The topological polar surface area (TPSA) is 61.9 Å². The predicted molar refractivity (Wildman–Crippen MR) is 168 cm³/mol. The minimum Gasteiger partial charge on any atom is -0.469 e. The molecule has 1 saturated heterocycles. The van der Waals surface area contributed by atoms with E-state index in [0.29, 0.717) is 37.0 Å². The van der Waals surface area contributed by atoms with Crippen LogP contribution in [-0.2, 0) is 14.3 Å². The van der Waals surface area contributed by atoms with Crippen LogP contribution in [-0.4, -0.2) is 73.2 Å². The highest BCUT2D eigenvalue weighted by Gasteiger charge is 2.43. The Balaban J connectivity index is 1.08. The summed E-state index contributed by atoms with van der Waals surface area (Å²) in [6, 6.07) is 0.266. The number of rotatable bonds is 8. The quantitative estimate of drug-likeness (QED) is 0.332. The molecule has 238 valence electrons. The lowest BCUT2D eigenvalue weighted by Gasteiger charge is -2.44. The van der Waals surface area contributed by atoms with E-state index < -0.39 is 6.17 Å². The van der Waals surface area contributed by atoms with Gasteiger partial charge in [0.05, 0.1) is 13.0 Å². The van der Waals surface area contributed by atoms with Crippen LogP contribution in [0.15, 0.2) is 34.1 Å². The zero-order chi connectivity index (χ0) is 30.2. The zero-order valence-electron chi connectivity index (χ0n) is 27.0. The van der Waals surface area contributed by atoms with Gasteiger partial charge >= 0.3 is 5.97 Å². The number of piperidine rings is 1. The number of hydrogen-bond acceptors (Lipinski definition) is 5. The van der Waals surface area contributed by atoms with Crippen molar-refractivity contribution in [1.29, 1.82) is 0 Å². The van der Waals surface area contributed by atoms with Crippen LogP contribution in [0.4, 0.5) is 4.39 Å². The molecule has 6 aliphatic rings. The lowest BCUT2D eigenvalue weighted by Crippen LogP contribution is -2.54. The van der Waals surface area contributed by atoms with Crippen LogP contribution in [0.3, 0.4) is 0 Å². The van der Waals surface area contributed by atoms with Gasteiger partial charge in [-0.05, 0) is 112 Å². The Hall–Kier alpha value is -2.15. The van der Waals surface area contributed by atoms with Crippen molar-refractivity contribution in [2.75, 3.05) is 33.3 Å². The smallest absolute Gasteiger partial charge is 0.311 e. The maximum Gasteiger partial charge on any atom is 0.311 e. The molecule has 7 heteroatoms. The third kappa shape index (κ3) is 6.77. The van der Waals surface area contributed by atoms with Gasteiger partial charge in [0.15, 0.2) is 0 Å². The molecule has 6 nitrogen and oxygen atoms in total. The molecule has 1 saturated carbocycles. The van der Waals surface area contributed by atoms with Crippen molar-refractivity contribution in [2.24, 2.45) is 29.6 Å². The second kappa shape index (κ2) is 13.1. The van der Waals surface area contributed by atoms with E-state index >= 15 is 0 Å². The van der Waals surface area contributed by atoms with E-state index in [4.69, 9.17) is 4.74 Å². The van der Waals surface area contributed by atoms with Gasteiger partial charge in [0.2, 0.25) is 0 Å². The van der Waals surface area contributed by atoms with Crippen molar-refractivity contribution in [3.8, 4) is 0 Å². The summed E-state index contributed by atoms with van der Waals surface area (Å²) >= 11 is 0. The molecule has 0 spiro atoms. The second-order valence-corrected chi connectivity index (χ2v) is 15.0. The largest absolute Gasteiger partial charge is 0.469 e. The first-order chi connectivity index (χ1) is 20.7. The number of likely N-dealkylation sites (tertiary alicyclic amines) is 1. The van der Waals surface area contributed by atoms with Crippen LogP contribution in [0.2, 0.25) is 0 Å². The number of methoxy groups -OCH3 is 1. The van der Waals surface area contributed by atoms with E-state index in [2.05, 4.69) is 35.0 Å². The molecule has 1 amide bonds. The number of halogens is 1. The minimum atomic E-state index is -0.657. The Bertz CT molecular complexity index is 1160. The number of esters is 1. The monoisotopic (exact) mass is 595 g/mol. The van der Waals surface area contributed by atoms with Gasteiger partial charge < -0.3 is 19.9 Å². The molecule has 1 N–H and O–H groups in total. The summed E-state index contributed by atoms with van der Waals surface area (Å²) in [7, 11) is 1.43. The summed E-state index contributed by atoms with van der Waals surface area (Å²) in [5.41, 5.74) is 6.67. The van der Waals surface area contributed by atoms with Gasteiger partial charge in [-0.1, -0.05) is 25.5 Å². The summed E-state index contributed by atoms with van der Waals surface area (Å²) in [5, 5.41) is 3.45. The van der Waals surface area contributed by atoms with Gasteiger partial charge in [-0.2, -0.15) is 0 Å². The summed E-state index contributed by atoms with van der Waals surface area (Å²) in [6.07, 6.45) is 13.6. The number of carbonyl (C=O) groups excluding carboxylic acids is 2. The fraction of sp³-hybridized carbons (Fsp3) is 0.778. The lowest BCUT2D eigenvalue weighted by molar-refractivity contribution is -0.146. The number of carbonyl (C=O) groups is 2. The van der Waals surface area contributed by atoms with Gasteiger partial charge in [-0.15, -0.1) is 0 Å². The number of nitrogens with zero attached hydrogens (tertiary/aromatic N) is 2. The van der Waals surface area contributed by atoms with Gasteiger partial charge in [0.25, 0.3) is 5.91 Å². The van der Waals surface area contributed by atoms with Gasteiger partial charge in [0.1, 0.15) is 6.17 Å². The van der Waals surface area contributed by atoms with Gasteiger partial charge in [-0.25, -0.2) is 4.39 Å². The van der Waals surface area contributed by atoms with E-state index in [0.717, 1.165) is 69.1 Å². The number of alkyl halides is 1. The van der Waals surface area contributed by atoms with Crippen molar-refractivity contribution < 1.29 is 18.7 Å². The fourth-order valence-corrected chi connectivity index (χ4v) is 9.04. The number of hydrogen-bond donors (Lipinski definition) is 1. The van der Waals surface area contributed by atoms with Crippen molar-refractivity contribution in [1.82, 2.24) is 15.1 Å². The summed E-state index contributed by atoms with van der Waals surface area (Å²) in [5.74, 6) is 2.40. The standard InChI is InChI=1S/C36H54FN3O3/c1-22(2)17-27-18-24(19-31(25-5-6-25)34(27)26-7-9-28(37)10-8-26)21-39-14-11-29(12-15-39)40-16-13-33-32(35(40)41)20-30(23(3)38-33)36(42)43-4/h7,22-25,28-31,38H,5-6,8-21H2,1-4H3/t23-,24-,28-,30-,31+/m0/s1. The van der Waals surface area contributed by atoms with Crippen LogP contribution in [0, 0.1) is 29.6 Å². The molecule has 3 aliphatic carbocycles. The van der Waals surface area contributed by atoms with E-state index in [1.54, 1.807) is 11.1 Å². The van der Waals surface area contributed by atoms with Crippen LogP contribution in [0.5, 0.6) is 0 Å². The number of allylic oxidation sites excluding steroid dienone is 4. The number of ether oxygens (including phenoxy) is 1. The summed E-state index contributed by atoms with van der Waals surface area (Å²) < 4.78 is 19.1. The second-order valence-electron chi connectivity index (χ2n) is 15.0. The molecule has 2 fully saturated rings. The van der Waals surface area contributed by atoms with Crippen LogP contribution in [0.1, 0.15) is 97.8 Å². The van der Waals surface area contributed by atoms with Crippen LogP contribution in [0.25, 0.3) is 0 Å². The highest BCUT2D eigenvalue weighted by Crippen LogP contribution is 2.52. The number of amides is 1. The van der Waals surface area contributed by atoms with Crippen molar-refractivity contribution >= 4 is 11.9 Å². The van der Waals surface area contributed by atoms with Gasteiger partial charge in [0, 0.05) is 56.0 Å². The Morgan fingerprint density at radius 2 is 1.86 bits per heavy atom. The van der Waals surface area contributed by atoms with Crippen molar-refractivity contribution in [2.45, 2.75) is 116 Å². The minimum absolute atomic E-state index is 0.0121. The predicted octanol–water partition coefficient (Wildman–Crippen LogP) is 6.34. The number of nitrogens with one attached hydrogen (secondary N) is 1. The highest BCUT2D eigenvalue weighted by molar-refractivity contribution is 5.96. The average Bonchev–Trinajstić information content (AvgIpc) is 3.83. The molecule has 0 aromatic rings. The fourth-order valence-electron chi connectivity index (χ4n) is 9.04. The van der Waals surface area contributed by atoms with E-state index in [1.165, 1.54) is 44.8 Å². The third-order valence-corrected chi connectivity index (χ3v) is 11.3. The van der Waals surface area contributed by atoms with Crippen molar-refractivity contribution in [3.05, 3.63) is 34.1 Å². The molecular weight excluding hydrogens is 541 g/mol. The summed E-state index contributed by atoms with van der Waals surface area (Å²) in [4.78, 5) is 30.8. The maximum absolute atomic E-state index is 14.0. The van der Waals surface area contributed by atoms with E-state index in [1.807, 2.05) is 6.92 Å². The molecule has 0 aromatic carbocycles. The molecule has 0 radical (unpaired) electrons. The Labute approximate surface area is 258 Å². The molecule has 0 unspecified atom stereocenters. The Morgan fingerprint density at radius 3 is 2.51 bits per heavy atom. The summed E-state index contributed by atoms with van der Waals surface area (Å²) in [6.45, 7) is 10.7. The highest BCUT2D eigenvalue weighted by atomic mass is 19.1. The maximum atomic E-state index is 14.0. The lowest BCUT2D eigenvalue weighted by atomic mass is 9.69. The Kier molecular flexibility index (Phi) is 9.38. The normalized spacial score (nSPS) is 33.0. The third-order valence-electron chi connectivity index (χ3n) is 11.3. The average molecular weight is 596 g/mol. The van der Waals surface area contributed by atoms with E-state index in [-0.39, 0.29) is 29.9 Å². The molecule has 3 heterocycles. The molecule has 6 rings (SSSR count). The van der Waals surface area contributed by atoms with Crippen molar-refractivity contribution in [3.63, 3.8) is 0 Å². The molecule has 0 aromatic heterocycles. The zero-order valence-corrected chi connectivity index (χ0v) is 27.0. The van der Waals surface area contributed by atoms with Crippen LogP contribution < -0.4 is 5.32 Å². The first-order valence-electron chi connectivity index (χ1n) is 17.4. The molecule has 43 heavy (non-hydrogen) atoms. The van der Waals surface area contributed by atoms with E-state index in [9.17, 15) is 14.0 Å². The van der Waals surface area contributed by atoms with Crippen LogP contribution >= 0.6 is 0 Å². The molecule has 3 aliphatic heterocycles. The Morgan fingerprint density at radius 1 is 1.09 bits per heavy atom. The molecular formula is C36H54FN3O3. The SMILES string of the molecule is COC(=O)[C@H]1CC2=C(CCN(C3CCN(C[C@H]4CC(CC(C)C)=C(C5=CC[C@H](F)CC5)[C@@H](C5CC5)C4)CC3)C2=O)N[C@H]1C. The first-order valence-corrected chi connectivity index (χ1v) is 17.4. The first kappa shape index (κ1) is 30.9. The van der Waals surface area contributed by atoms with Gasteiger partial charge in [-0.3, -0.25) is 9.59 Å². The molecule has 5 atom stereocenters.